The Bertz CT molecular complexity index is 392. The molecule has 0 aromatic rings. The molecule has 0 spiro atoms. The first-order valence-electron chi connectivity index (χ1n) is 6.06. The van der Waals surface area contributed by atoms with Crippen molar-refractivity contribution in [2.24, 2.45) is 0 Å². The standard InChI is InChI=1S/C11H22N2O4S/c1-11(2,3)17-10(14)13-7-5-9(6-8-13)18(15,16)12-4/h9,12H,5-8H2,1-4H3. The van der Waals surface area contributed by atoms with Gasteiger partial charge in [-0.1, -0.05) is 0 Å². The van der Waals surface area contributed by atoms with Gasteiger partial charge in [0.1, 0.15) is 5.60 Å². The highest BCUT2D eigenvalue weighted by Crippen LogP contribution is 2.19. The molecule has 0 unspecified atom stereocenters. The molecule has 0 aromatic heterocycles. The maximum atomic E-state index is 11.8. The topological polar surface area (TPSA) is 75.7 Å². The summed E-state index contributed by atoms with van der Waals surface area (Å²) < 4.78 is 30.8. The van der Waals surface area contributed by atoms with E-state index in [9.17, 15) is 13.2 Å². The van der Waals surface area contributed by atoms with Gasteiger partial charge in [0.2, 0.25) is 10.0 Å². The quantitative estimate of drug-likeness (QED) is 0.815. The highest BCUT2D eigenvalue weighted by atomic mass is 32.2. The lowest BCUT2D eigenvalue weighted by Crippen LogP contribution is -2.46. The van der Waals surface area contributed by atoms with Crippen LogP contribution >= 0.6 is 0 Å². The molecule has 0 aromatic carbocycles. The number of rotatable bonds is 2. The zero-order valence-corrected chi connectivity index (χ0v) is 12.2. The van der Waals surface area contributed by atoms with Gasteiger partial charge in [0.15, 0.2) is 0 Å². The molecule has 0 atom stereocenters. The molecule has 1 amide bonds. The second-order valence-electron chi connectivity index (χ2n) is 5.42. The fraction of sp³-hybridized carbons (Fsp3) is 0.909. The number of carbonyl (C=O) groups excluding carboxylic acids is 1. The zero-order valence-electron chi connectivity index (χ0n) is 11.4. The van der Waals surface area contributed by atoms with Gasteiger partial charge >= 0.3 is 6.09 Å². The Labute approximate surface area is 109 Å². The fourth-order valence-electron chi connectivity index (χ4n) is 1.84. The van der Waals surface area contributed by atoms with E-state index in [4.69, 9.17) is 4.74 Å². The number of likely N-dealkylation sites (tertiary alicyclic amines) is 1. The summed E-state index contributed by atoms with van der Waals surface area (Å²) in [6.07, 6.45) is 0.521. The summed E-state index contributed by atoms with van der Waals surface area (Å²) in [7, 11) is -1.82. The van der Waals surface area contributed by atoms with Gasteiger partial charge < -0.3 is 9.64 Å². The van der Waals surface area contributed by atoms with Crippen molar-refractivity contribution >= 4 is 16.1 Å². The van der Waals surface area contributed by atoms with Crippen molar-refractivity contribution in [1.82, 2.24) is 9.62 Å². The average Bonchev–Trinajstić information content (AvgIpc) is 2.27. The van der Waals surface area contributed by atoms with Crippen LogP contribution in [0.3, 0.4) is 0 Å². The van der Waals surface area contributed by atoms with Crippen LogP contribution in [0.25, 0.3) is 0 Å². The number of carbonyl (C=O) groups is 1. The van der Waals surface area contributed by atoms with E-state index in [1.807, 2.05) is 20.8 Å². The van der Waals surface area contributed by atoms with E-state index in [1.165, 1.54) is 7.05 Å². The molecule has 1 saturated heterocycles. The van der Waals surface area contributed by atoms with E-state index < -0.39 is 20.9 Å². The molecule has 18 heavy (non-hydrogen) atoms. The third kappa shape index (κ3) is 4.13. The predicted octanol–water partition coefficient (Wildman–Crippen LogP) is 0.935. The van der Waals surface area contributed by atoms with Gasteiger partial charge in [-0.2, -0.15) is 0 Å². The molecule has 0 saturated carbocycles. The number of hydrogen-bond donors (Lipinski definition) is 1. The average molecular weight is 278 g/mol. The number of sulfonamides is 1. The molecule has 1 rings (SSSR count). The molecule has 6 nitrogen and oxygen atoms in total. The van der Waals surface area contributed by atoms with Crippen LogP contribution in [0.15, 0.2) is 0 Å². The summed E-state index contributed by atoms with van der Waals surface area (Å²) in [5.41, 5.74) is -0.523. The largest absolute Gasteiger partial charge is 0.444 e. The maximum Gasteiger partial charge on any atom is 0.410 e. The predicted molar refractivity (Wildman–Crippen MR) is 68.8 cm³/mol. The second kappa shape index (κ2) is 5.44. The fourth-order valence-corrected chi connectivity index (χ4v) is 3.01. The third-order valence-corrected chi connectivity index (χ3v) is 4.74. The molecule has 1 aliphatic rings. The van der Waals surface area contributed by atoms with E-state index in [0.717, 1.165) is 0 Å². The van der Waals surface area contributed by atoms with Crippen molar-refractivity contribution in [3.63, 3.8) is 0 Å². The van der Waals surface area contributed by atoms with Crippen LogP contribution < -0.4 is 4.72 Å². The Morgan fingerprint density at radius 1 is 1.28 bits per heavy atom. The smallest absolute Gasteiger partial charge is 0.410 e. The van der Waals surface area contributed by atoms with Crippen molar-refractivity contribution in [2.75, 3.05) is 20.1 Å². The normalized spacial score (nSPS) is 18.8. The molecule has 0 radical (unpaired) electrons. The van der Waals surface area contributed by atoms with Gasteiger partial charge in [0.05, 0.1) is 5.25 Å². The summed E-state index contributed by atoms with van der Waals surface area (Å²) in [4.78, 5) is 13.3. The van der Waals surface area contributed by atoms with Crippen LogP contribution in [0.5, 0.6) is 0 Å². The minimum atomic E-state index is -3.23. The summed E-state index contributed by atoms with van der Waals surface area (Å²) in [5.74, 6) is 0. The minimum Gasteiger partial charge on any atom is -0.444 e. The highest BCUT2D eigenvalue weighted by molar-refractivity contribution is 7.90. The van der Waals surface area contributed by atoms with E-state index in [-0.39, 0.29) is 6.09 Å². The molecular formula is C11H22N2O4S. The molecule has 1 N–H and O–H groups in total. The molecule has 7 heteroatoms. The SMILES string of the molecule is CNS(=O)(=O)C1CCN(C(=O)OC(C)(C)C)CC1. The Hall–Kier alpha value is -0.820. The molecule has 1 heterocycles. The number of ether oxygens (including phenoxy) is 1. The molecule has 0 aliphatic carbocycles. The Morgan fingerprint density at radius 2 is 1.78 bits per heavy atom. The lowest BCUT2D eigenvalue weighted by Gasteiger charge is -2.33. The maximum absolute atomic E-state index is 11.8. The monoisotopic (exact) mass is 278 g/mol. The molecule has 1 fully saturated rings. The van der Waals surface area contributed by atoms with Crippen LogP contribution in [-0.2, 0) is 14.8 Å². The van der Waals surface area contributed by atoms with E-state index in [0.29, 0.717) is 25.9 Å². The lowest BCUT2D eigenvalue weighted by molar-refractivity contribution is 0.0217. The number of nitrogens with zero attached hydrogens (tertiary/aromatic N) is 1. The van der Waals surface area contributed by atoms with Gasteiger partial charge in [-0.25, -0.2) is 17.9 Å². The van der Waals surface area contributed by atoms with E-state index in [1.54, 1.807) is 4.90 Å². The number of amides is 1. The van der Waals surface area contributed by atoms with Crippen molar-refractivity contribution < 1.29 is 17.9 Å². The summed E-state index contributed by atoms with van der Waals surface area (Å²) in [5, 5.41) is -0.416. The summed E-state index contributed by atoms with van der Waals surface area (Å²) in [6, 6.07) is 0. The molecule has 0 bridgehead atoms. The van der Waals surface area contributed by atoms with E-state index >= 15 is 0 Å². The van der Waals surface area contributed by atoms with Crippen molar-refractivity contribution in [3.8, 4) is 0 Å². The number of piperidine rings is 1. The number of nitrogens with one attached hydrogen (secondary N) is 1. The van der Waals surface area contributed by atoms with Crippen LogP contribution in [0.1, 0.15) is 33.6 Å². The summed E-state index contributed by atoms with van der Waals surface area (Å²) >= 11 is 0. The minimum absolute atomic E-state index is 0.372. The van der Waals surface area contributed by atoms with Crippen molar-refractivity contribution in [2.45, 2.75) is 44.5 Å². The Kier molecular flexibility index (Phi) is 4.61. The van der Waals surface area contributed by atoms with Gasteiger partial charge in [0, 0.05) is 13.1 Å². The van der Waals surface area contributed by atoms with Crippen molar-refractivity contribution in [1.29, 1.82) is 0 Å². The zero-order chi connectivity index (χ0) is 14.0. The number of hydrogen-bond acceptors (Lipinski definition) is 4. The Balaban J connectivity index is 2.52. The molecule has 106 valence electrons. The first-order chi connectivity index (χ1) is 8.15. The van der Waals surface area contributed by atoms with Gasteiger partial charge in [0.25, 0.3) is 0 Å². The lowest BCUT2D eigenvalue weighted by atomic mass is 10.1. The first kappa shape index (κ1) is 15.2. The second-order valence-corrected chi connectivity index (χ2v) is 7.58. The van der Waals surface area contributed by atoms with Crippen molar-refractivity contribution in [3.05, 3.63) is 0 Å². The van der Waals surface area contributed by atoms with Crippen LogP contribution in [0.4, 0.5) is 4.79 Å². The van der Waals surface area contributed by atoms with Crippen LogP contribution in [0.2, 0.25) is 0 Å². The Morgan fingerprint density at radius 3 is 2.17 bits per heavy atom. The first-order valence-corrected chi connectivity index (χ1v) is 7.60. The van der Waals surface area contributed by atoms with E-state index in [2.05, 4.69) is 4.72 Å². The van der Waals surface area contributed by atoms with Gasteiger partial charge in [-0.05, 0) is 40.7 Å². The third-order valence-electron chi connectivity index (χ3n) is 2.82. The molecule has 1 aliphatic heterocycles. The van der Waals surface area contributed by atoms with Crippen LogP contribution in [0, 0.1) is 0 Å². The summed E-state index contributed by atoms with van der Waals surface area (Å²) in [6.45, 7) is 6.26. The van der Waals surface area contributed by atoms with Gasteiger partial charge in [-0.3, -0.25) is 0 Å². The molecular weight excluding hydrogens is 256 g/mol. The van der Waals surface area contributed by atoms with Gasteiger partial charge in [-0.15, -0.1) is 0 Å². The van der Waals surface area contributed by atoms with Crippen LogP contribution in [-0.4, -0.2) is 50.4 Å². The highest BCUT2D eigenvalue weighted by Gasteiger charge is 2.32.